The van der Waals surface area contributed by atoms with Crippen LogP contribution in [0.4, 0.5) is 30.6 Å². The first-order valence-corrected chi connectivity index (χ1v) is 9.08. The molecule has 0 fully saturated rings. The summed E-state index contributed by atoms with van der Waals surface area (Å²) in [5.41, 5.74) is -0.434. The predicted octanol–water partition coefficient (Wildman–Crippen LogP) is 5.51. The van der Waals surface area contributed by atoms with Gasteiger partial charge in [0.05, 0.1) is 10.0 Å². The molecule has 0 spiro atoms. The van der Waals surface area contributed by atoms with Crippen LogP contribution in [0, 0.1) is 0 Å². The number of aliphatic hydroxyl groups is 1. The molecule has 0 aliphatic rings. The Hall–Kier alpha value is -1.77. The number of unbranched alkanes of at least 4 members (excludes halogenated alkanes) is 3. The summed E-state index contributed by atoms with van der Waals surface area (Å²) in [5.74, 6) is -0.286. The van der Waals surface area contributed by atoms with E-state index in [-0.39, 0.29) is 18.4 Å². The quantitative estimate of drug-likeness (QED) is 0.464. The van der Waals surface area contributed by atoms with E-state index in [1.165, 1.54) is 6.07 Å². The van der Waals surface area contributed by atoms with Crippen LogP contribution >= 0.6 is 23.2 Å². The van der Waals surface area contributed by atoms with E-state index >= 15 is 0 Å². The first kappa shape index (κ1) is 21.5. The van der Waals surface area contributed by atoms with Crippen LogP contribution in [0.5, 0.6) is 0 Å². The second-order valence-electron chi connectivity index (χ2n) is 5.77. The fraction of sp³-hybridized carbons (Fsp3) is 0.412. The number of alkyl halides is 3. The Bertz CT molecular complexity index is 759. The fourth-order valence-electron chi connectivity index (χ4n) is 2.28. The molecule has 10 heteroatoms. The molecular formula is C17H19Cl2F3N4O. The topological polar surface area (TPSA) is 70.1 Å². The van der Waals surface area contributed by atoms with Gasteiger partial charge >= 0.3 is 6.18 Å². The largest absolute Gasteiger partial charge is 0.421 e. The van der Waals surface area contributed by atoms with Crippen LogP contribution in [0.3, 0.4) is 0 Å². The number of hydrogen-bond donors (Lipinski definition) is 3. The molecule has 3 N–H and O–H groups in total. The maximum atomic E-state index is 13.2. The minimum Gasteiger partial charge on any atom is -0.396 e. The summed E-state index contributed by atoms with van der Waals surface area (Å²) in [5, 5.41) is 14.9. The molecule has 0 radical (unpaired) electrons. The Morgan fingerprint density at radius 1 is 1.04 bits per heavy atom. The van der Waals surface area contributed by atoms with Crippen molar-refractivity contribution in [1.29, 1.82) is 0 Å². The predicted molar refractivity (Wildman–Crippen MR) is 101 cm³/mol. The van der Waals surface area contributed by atoms with Gasteiger partial charge in [0, 0.05) is 25.0 Å². The molecular weight excluding hydrogens is 404 g/mol. The molecule has 5 nitrogen and oxygen atoms in total. The van der Waals surface area contributed by atoms with E-state index in [0.29, 0.717) is 35.1 Å². The Labute approximate surface area is 164 Å². The number of hydrogen-bond acceptors (Lipinski definition) is 5. The van der Waals surface area contributed by atoms with E-state index in [4.69, 9.17) is 28.3 Å². The van der Waals surface area contributed by atoms with Crippen LogP contribution in [0.15, 0.2) is 24.4 Å². The maximum Gasteiger partial charge on any atom is 0.421 e. The van der Waals surface area contributed by atoms with Crippen molar-refractivity contribution in [3.63, 3.8) is 0 Å². The zero-order valence-corrected chi connectivity index (χ0v) is 15.8. The lowest BCUT2D eigenvalue weighted by Gasteiger charge is -2.15. The highest BCUT2D eigenvalue weighted by atomic mass is 35.5. The lowest BCUT2D eigenvalue weighted by atomic mass is 10.2. The van der Waals surface area contributed by atoms with Crippen LogP contribution in [-0.4, -0.2) is 28.2 Å². The van der Waals surface area contributed by atoms with Crippen molar-refractivity contribution in [3.05, 3.63) is 40.0 Å². The summed E-state index contributed by atoms with van der Waals surface area (Å²) in [7, 11) is 0. The van der Waals surface area contributed by atoms with Crippen molar-refractivity contribution in [3.8, 4) is 0 Å². The number of halogens is 5. The van der Waals surface area contributed by atoms with Gasteiger partial charge in [0.2, 0.25) is 5.95 Å². The average Bonchev–Trinajstić information content (AvgIpc) is 2.60. The molecule has 0 aliphatic heterocycles. The number of nitrogens with zero attached hydrogens (tertiary/aromatic N) is 2. The van der Waals surface area contributed by atoms with Gasteiger partial charge in [-0.1, -0.05) is 36.0 Å². The summed E-state index contributed by atoms with van der Waals surface area (Å²) < 4.78 is 39.5. The molecule has 2 aromatic rings. The number of aromatic nitrogens is 2. The third kappa shape index (κ3) is 6.71. The van der Waals surface area contributed by atoms with Gasteiger partial charge in [0.15, 0.2) is 0 Å². The Kier molecular flexibility index (Phi) is 7.94. The summed E-state index contributed by atoms with van der Waals surface area (Å²) in [6, 6.07) is 4.70. The van der Waals surface area contributed by atoms with Crippen molar-refractivity contribution in [2.75, 3.05) is 23.8 Å². The summed E-state index contributed by atoms with van der Waals surface area (Å²) in [4.78, 5) is 7.69. The van der Waals surface area contributed by atoms with Crippen molar-refractivity contribution in [2.24, 2.45) is 0 Å². The van der Waals surface area contributed by atoms with E-state index in [1.807, 2.05) is 0 Å². The second-order valence-corrected chi connectivity index (χ2v) is 6.59. The van der Waals surface area contributed by atoms with Crippen LogP contribution in [0.25, 0.3) is 0 Å². The van der Waals surface area contributed by atoms with E-state index in [9.17, 15) is 13.2 Å². The van der Waals surface area contributed by atoms with Gasteiger partial charge in [0.1, 0.15) is 11.4 Å². The second kappa shape index (κ2) is 9.96. The SMILES string of the molecule is OCCCCCCNc1nc(Nc2ccc(Cl)c(Cl)c2)ncc1C(F)(F)F. The van der Waals surface area contributed by atoms with Crippen LogP contribution in [0.2, 0.25) is 10.0 Å². The third-order valence-electron chi connectivity index (χ3n) is 3.65. The molecule has 0 atom stereocenters. The van der Waals surface area contributed by atoms with Gasteiger partial charge in [-0.3, -0.25) is 0 Å². The summed E-state index contributed by atoms with van der Waals surface area (Å²) in [6.07, 6.45) is -0.870. The van der Waals surface area contributed by atoms with Crippen molar-refractivity contribution in [1.82, 2.24) is 9.97 Å². The third-order valence-corrected chi connectivity index (χ3v) is 4.39. The minimum absolute atomic E-state index is 0.00386. The molecule has 1 aromatic heterocycles. The highest BCUT2D eigenvalue weighted by molar-refractivity contribution is 6.42. The van der Waals surface area contributed by atoms with E-state index in [1.54, 1.807) is 12.1 Å². The molecule has 0 saturated heterocycles. The van der Waals surface area contributed by atoms with Gasteiger partial charge < -0.3 is 15.7 Å². The van der Waals surface area contributed by atoms with E-state index in [2.05, 4.69) is 20.6 Å². The number of benzene rings is 1. The van der Waals surface area contributed by atoms with Gasteiger partial charge in [-0.15, -0.1) is 0 Å². The van der Waals surface area contributed by atoms with Crippen molar-refractivity contribution >= 4 is 40.7 Å². The number of rotatable bonds is 9. The lowest BCUT2D eigenvalue weighted by Crippen LogP contribution is -2.15. The van der Waals surface area contributed by atoms with E-state index in [0.717, 1.165) is 19.0 Å². The maximum absolute atomic E-state index is 13.2. The lowest BCUT2D eigenvalue weighted by molar-refractivity contribution is -0.137. The number of nitrogens with one attached hydrogen (secondary N) is 2. The summed E-state index contributed by atoms with van der Waals surface area (Å²) in [6.45, 7) is 0.443. The highest BCUT2D eigenvalue weighted by Gasteiger charge is 2.35. The van der Waals surface area contributed by atoms with Gasteiger partial charge in [-0.2, -0.15) is 18.2 Å². The average molecular weight is 423 g/mol. The molecule has 0 saturated carbocycles. The zero-order valence-electron chi connectivity index (χ0n) is 14.3. The number of aliphatic hydroxyl groups excluding tert-OH is 1. The zero-order chi connectivity index (χ0) is 19.9. The van der Waals surface area contributed by atoms with Crippen LogP contribution < -0.4 is 10.6 Å². The smallest absolute Gasteiger partial charge is 0.396 e. The molecule has 0 aliphatic carbocycles. The Morgan fingerprint density at radius 3 is 2.44 bits per heavy atom. The van der Waals surface area contributed by atoms with Gasteiger partial charge in [0.25, 0.3) is 0 Å². The first-order valence-electron chi connectivity index (χ1n) is 8.32. The minimum atomic E-state index is -4.57. The molecule has 0 unspecified atom stereocenters. The van der Waals surface area contributed by atoms with Gasteiger partial charge in [-0.05, 0) is 31.0 Å². The standard InChI is InChI=1S/C17H19Cl2F3N4O/c18-13-6-5-11(9-14(13)19)25-16-24-10-12(17(20,21)22)15(26-16)23-7-3-1-2-4-8-27/h5-6,9-10,27H,1-4,7-8H2,(H2,23,24,25,26). The normalized spacial score (nSPS) is 11.5. The Balaban J connectivity index is 2.11. The van der Waals surface area contributed by atoms with Crippen LogP contribution in [-0.2, 0) is 6.18 Å². The highest BCUT2D eigenvalue weighted by Crippen LogP contribution is 2.34. The van der Waals surface area contributed by atoms with Crippen molar-refractivity contribution in [2.45, 2.75) is 31.9 Å². The Morgan fingerprint density at radius 2 is 1.78 bits per heavy atom. The molecule has 27 heavy (non-hydrogen) atoms. The molecule has 0 bridgehead atoms. The molecule has 1 aromatic carbocycles. The summed E-state index contributed by atoms with van der Waals surface area (Å²) >= 11 is 11.8. The van der Waals surface area contributed by atoms with Crippen LogP contribution in [0.1, 0.15) is 31.2 Å². The van der Waals surface area contributed by atoms with Crippen molar-refractivity contribution < 1.29 is 18.3 Å². The fourth-order valence-corrected chi connectivity index (χ4v) is 2.58. The molecule has 148 valence electrons. The molecule has 1 heterocycles. The number of anilines is 3. The molecule has 0 amide bonds. The monoisotopic (exact) mass is 422 g/mol. The van der Waals surface area contributed by atoms with Gasteiger partial charge in [-0.25, -0.2) is 4.98 Å². The first-order chi connectivity index (χ1) is 12.8. The van der Waals surface area contributed by atoms with E-state index < -0.39 is 11.7 Å². The molecule has 2 rings (SSSR count).